The van der Waals surface area contributed by atoms with E-state index in [-0.39, 0.29) is 6.42 Å². The first-order valence-corrected chi connectivity index (χ1v) is 9.43. The van der Waals surface area contributed by atoms with Crippen molar-refractivity contribution in [3.63, 3.8) is 0 Å². The summed E-state index contributed by atoms with van der Waals surface area (Å²) in [6.45, 7) is 0.310. The first-order valence-electron chi connectivity index (χ1n) is 7.99. The minimum absolute atomic E-state index is 0.148. The number of rotatable bonds is 7. The summed E-state index contributed by atoms with van der Waals surface area (Å²) in [6, 6.07) is 7.04. The lowest BCUT2D eigenvalue weighted by Crippen LogP contribution is -2.54. The van der Waals surface area contributed by atoms with Gasteiger partial charge in [-0.3, -0.25) is 4.79 Å². The van der Waals surface area contributed by atoms with Crippen molar-refractivity contribution in [2.24, 2.45) is 0 Å². The second-order valence-corrected chi connectivity index (χ2v) is 8.09. The van der Waals surface area contributed by atoms with Crippen LogP contribution in [0.5, 0.6) is 0 Å². The van der Waals surface area contributed by atoms with Crippen LogP contribution in [0.2, 0.25) is 0 Å². The lowest BCUT2D eigenvalue weighted by atomic mass is 10.1. The van der Waals surface area contributed by atoms with Gasteiger partial charge in [0.1, 0.15) is 12.1 Å². The van der Waals surface area contributed by atoms with Crippen molar-refractivity contribution < 1.29 is 23.1 Å². The summed E-state index contributed by atoms with van der Waals surface area (Å²) in [5, 5.41) is 9.28. The molecule has 1 heterocycles. The summed E-state index contributed by atoms with van der Waals surface area (Å²) < 4.78 is 27.8. The molecule has 138 valence electrons. The summed E-state index contributed by atoms with van der Waals surface area (Å²) >= 11 is 0. The van der Waals surface area contributed by atoms with E-state index in [0.717, 1.165) is 9.87 Å². The monoisotopic (exact) mass is 369 g/mol. The molecule has 25 heavy (non-hydrogen) atoms. The third-order valence-electron chi connectivity index (χ3n) is 4.17. The number of carbonyl (C=O) groups is 2. The van der Waals surface area contributed by atoms with Crippen LogP contribution >= 0.6 is 0 Å². The van der Waals surface area contributed by atoms with Crippen molar-refractivity contribution in [3.05, 3.63) is 35.9 Å². The van der Waals surface area contributed by atoms with E-state index in [9.17, 15) is 23.1 Å². The summed E-state index contributed by atoms with van der Waals surface area (Å²) in [6.07, 6.45) is 1.11. The number of benzene rings is 1. The van der Waals surface area contributed by atoms with Crippen molar-refractivity contribution >= 4 is 22.1 Å². The maximum absolute atomic E-state index is 12.9. The number of likely N-dealkylation sites (tertiary alicyclic amines) is 1. The predicted octanol–water partition coefficient (Wildman–Crippen LogP) is 0.0693. The molecule has 0 bridgehead atoms. The fourth-order valence-electron chi connectivity index (χ4n) is 2.80. The van der Waals surface area contributed by atoms with E-state index in [1.807, 2.05) is 6.07 Å². The maximum atomic E-state index is 12.9. The number of carboxylic acids is 1. The first-order chi connectivity index (χ1) is 11.7. The van der Waals surface area contributed by atoms with E-state index in [2.05, 4.69) is 4.72 Å². The molecule has 8 nitrogen and oxygen atoms in total. The number of carboxylic acid groups (broad SMARTS) is 1. The van der Waals surface area contributed by atoms with Gasteiger partial charge < -0.3 is 10.0 Å². The second kappa shape index (κ2) is 7.94. The summed E-state index contributed by atoms with van der Waals surface area (Å²) in [5.41, 5.74) is 0.786. The largest absolute Gasteiger partial charge is 0.480 e. The molecule has 0 saturated carbocycles. The molecule has 2 atom stereocenters. The van der Waals surface area contributed by atoms with Crippen LogP contribution in [0.4, 0.5) is 0 Å². The maximum Gasteiger partial charge on any atom is 0.326 e. The molecule has 1 aromatic carbocycles. The number of aliphatic carboxylic acids is 1. The van der Waals surface area contributed by atoms with Gasteiger partial charge in [0.25, 0.3) is 10.2 Å². The van der Waals surface area contributed by atoms with E-state index in [1.54, 1.807) is 24.3 Å². The van der Waals surface area contributed by atoms with E-state index < -0.39 is 34.2 Å². The van der Waals surface area contributed by atoms with Gasteiger partial charge in [0, 0.05) is 20.6 Å². The third kappa shape index (κ3) is 4.77. The Morgan fingerprint density at radius 3 is 2.52 bits per heavy atom. The van der Waals surface area contributed by atoms with Crippen molar-refractivity contribution in [2.75, 3.05) is 20.6 Å². The molecule has 9 heteroatoms. The van der Waals surface area contributed by atoms with Crippen molar-refractivity contribution in [1.82, 2.24) is 13.9 Å². The molecular formula is C16H23N3O5S. The number of amides is 1. The van der Waals surface area contributed by atoms with Gasteiger partial charge in [0.05, 0.1) is 0 Å². The highest BCUT2D eigenvalue weighted by Crippen LogP contribution is 2.20. The molecule has 1 aromatic rings. The van der Waals surface area contributed by atoms with Gasteiger partial charge in [0.15, 0.2) is 0 Å². The molecule has 1 amide bonds. The quantitative estimate of drug-likeness (QED) is 0.707. The first kappa shape index (κ1) is 19.4. The average Bonchev–Trinajstić information content (AvgIpc) is 3.04. The number of nitrogens with one attached hydrogen (secondary N) is 1. The van der Waals surface area contributed by atoms with Gasteiger partial charge in [-0.05, 0) is 24.8 Å². The van der Waals surface area contributed by atoms with Crippen LogP contribution in [0.1, 0.15) is 18.4 Å². The number of hydrogen-bond acceptors (Lipinski definition) is 4. The summed E-state index contributed by atoms with van der Waals surface area (Å²) in [4.78, 5) is 25.5. The van der Waals surface area contributed by atoms with Crippen LogP contribution < -0.4 is 4.72 Å². The lowest BCUT2D eigenvalue weighted by Gasteiger charge is -2.28. The Kier molecular flexibility index (Phi) is 6.15. The van der Waals surface area contributed by atoms with Crippen LogP contribution in [0.25, 0.3) is 0 Å². The molecule has 1 unspecified atom stereocenters. The van der Waals surface area contributed by atoms with Gasteiger partial charge in [-0.1, -0.05) is 30.3 Å². The van der Waals surface area contributed by atoms with Gasteiger partial charge in [0.2, 0.25) is 5.91 Å². The Morgan fingerprint density at radius 2 is 1.96 bits per heavy atom. The summed E-state index contributed by atoms with van der Waals surface area (Å²) in [5.74, 6) is -1.58. The lowest BCUT2D eigenvalue weighted by molar-refractivity contribution is -0.148. The minimum Gasteiger partial charge on any atom is -0.480 e. The zero-order valence-electron chi connectivity index (χ0n) is 14.3. The Morgan fingerprint density at radius 1 is 1.32 bits per heavy atom. The fraction of sp³-hybridized carbons (Fsp3) is 0.500. The number of hydrogen-bond donors (Lipinski definition) is 2. The molecule has 0 aromatic heterocycles. The topological polar surface area (TPSA) is 107 Å². The van der Waals surface area contributed by atoms with Crippen molar-refractivity contribution in [3.8, 4) is 0 Å². The molecule has 1 aliphatic rings. The Balaban J connectivity index is 2.27. The van der Waals surface area contributed by atoms with Gasteiger partial charge in [-0.2, -0.15) is 17.4 Å². The SMILES string of the molecule is CN(C)S(=O)(=O)N[C@H](Cc1ccccc1)C(=O)N1CCCC1C(=O)O. The fourth-order valence-corrected chi connectivity index (χ4v) is 3.56. The van der Waals surface area contributed by atoms with Crippen LogP contribution in [-0.2, 0) is 26.2 Å². The molecular weight excluding hydrogens is 346 g/mol. The van der Waals surface area contributed by atoms with Crippen LogP contribution in [0, 0.1) is 0 Å². The molecule has 1 fully saturated rings. The smallest absolute Gasteiger partial charge is 0.326 e. The minimum atomic E-state index is -3.84. The highest BCUT2D eigenvalue weighted by molar-refractivity contribution is 7.87. The zero-order chi connectivity index (χ0) is 18.6. The molecule has 0 aliphatic carbocycles. The van der Waals surface area contributed by atoms with E-state index in [0.29, 0.717) is 19.4 Å². The van der Waals surface area contributed by atoms with Crippen molar-refractivity contribution in [2.45, 2.75) is 31.3 Å². The van der Waals surface area contributed by atoms with E-state index in [1.165, 1.54) is 19.0 Å². The Hall–Kier alpha value is -1.97. The standard InChI is InChI=1S/C16H23N3O5S/c1-18(2)25(23,24)17-13(11-12-7-4-3-5-8-12)15(20)19-10-6-9-14(19)16(21)22/h3-5,7-8,13-14,17H,6,9-11H2,1-2H3,(H,21,22)/t13-,14?/m1/s1. The predicted molar refractivity (Wildman–Crippen MR) is 92.0 cm³/mol. The van der Waals surface area contributed by atoms with E-state index >= 15 is 0 Å². The van der Waals surface area contributed by atoms with Crippen molar-refractivity contribution in [1.29, 1.82) is 0 Å². The Bertz CT molecular complexity index is 721. The molecule has 2 N–H and O–H groups in total. The van der Waals surface area contributed by atoms with E-state index in [4.69, 9.17) is 0 Å². The summed E-state index contributed by atoms with van der Waals surface area (Å²) in [7, 11) is -1.11. The van der Waals surface area contributed by atoms with Gasteiger partial charge >= 0.3 is 5.97 Å². The van der Waals surface area contributed by atoms with Crippen LogP contribution in [-0.4, -0.2) is 67.3 Å². The molecule has 1 saturated heterocycles. The number of nitrogens with zero attached hydrogens (tertiary/aromatic N) is 2. The third-order valence-corrected chi connectivity index (χ3v) is 5.72. The van der Waals surface area contributed by atoms with Gasteiger partial charge in [-0.25, -0.2) is 4.79 Å². The zero-order valence-corrected chi connectivity index (χ0v) is 15.1. The molecule has 2 rings (SSSR count). The van der Waals surface area contributed by atoms with Gasteiger partial charge in [-0.15, -0.1) is 0 Å². The average molecular weight is 369 g/mol. The number of carbonyl (C=O) groups excluding carboxylic acids is 1. The van der Waals surface area contributed by atoms with Crippen LogP contribution in [0.3, 0.4) is 0 Å². The normalized spacial score (nSPS) is 19.2. The molecule has 1 aliphatic heterocycles. The molecule has 0 spiro atoms. The van der Waals surface area contributed by atoms with Crippen LogP contribution in [0.15, 0.2) is 30.3 Å². The Labute approximate surface area is 147 Å². The highest BCUT2D eigenvalue weighted by atomic mass is 32.2. The highest BCUT2D eigenvalue weighted by Gasteiger charge is 2.38. The molecule has 0 radical (unpaired) electrons. The second-order valence-electron chi connectivity index (χ2n) is 6.18.